The van der Waals surface area contributed by atoms with E-state index in [1.165, 1.54) is 0 Å². The van der Waals surface area contributed by atoms with Gasteiger partial charge in [-0.3, -0.25) is 15.2 Å². The molecule has 33 heavy (non-hydrogen) atoms. The first-order valence-electron chi connectivity index (χ1n) is 10.5. The van der Waals surface area contributed by atoms with E-state index in [-0.39, 0.29) is 36.3 Å². The summed E-state index contributed by atoms with van der Waals surface area (Å²) in [6.45, 7) is 3.36. The van der Waals surface area contributed by atoms with E-state index in [1.807, 2.05) is 42.3 Å². The molecule has 2 aromatic carbocycles. The van der Waals surface area contributed by atoms with Crippen molar-refractivity contribution in [2.45, 2.75) is 31.8 Å². The third-order valence-electron chi connectivity index (χ3n) is 5.97. The van der Waals surface area contributed by atoms with Gasteiger partial charge in [0.25, 0.3) is 5.91 Å². The predicted octanol–water partition coefficient (Wildman–Crippen LogP) is 5.76. The molecule has 1 fully saturated rings. The first kappa shape index (κ1) is 26.1. The summed E-state index contributed by atoms with van der Waals surface area (Å²) in [5.74, 6) is -0.404. The van der Waals surface area contributed by atoms with Crippen LogP contribution in [0.5, 0.6) is 0 Å². The standard InChI is InChI=1S/C23H25Cl3N4O2.ClH/c1-14-21(23(31)28-29-11-3-4-18(29)13-32-2)27-30(20-10-9-17(25)12-19(20)26)22(14)15-5-7-16(24)8-6-15;/h5-10,12,14,18,22H,3-4,11,13H2,1-2H3,(H,28,31);1H/t14-,18-,22+;/m0./s1. The van der Waals surface area contributed by atoms with Crippen LogP contribution in [0.2, 0.25) is 15.1 Å². The summed E-state index contributed by atoms with van der Waals surface area (Å²) in [4.78, 5) is 13.3. The molecule has 0 aromatic heterocycles. The van der Waals surface area contributed by atoms with Crippen LogP contribution >= 0.6 is 47.2 Å². The van der Waals surface area contributed by atoms with Crippen molar-refractivity contribution in [1.29, 1.82) is 0 Å². The fourth-order valence-corrected chi connectivity index (χ4v) is 5.00. The van der Waals surface area contributed by atoms with Gasteiger partial charge in [-0.1, -0.05) is 53.9 Å². The Morgan fingerprint density at radius 2 is 1.85 bits per heavy atom. The maximum absolute atomic E-state index is 13.3. The molecule has 0 spiro atoms. The minimum Gasteiger partial charge on any atom is -0.383 e. The maximum atomic E-state index is 13.3. The van der Waals surface area contributed by atoms with Crippen molar-refractivity contribution in [3.05, 3.63) is 63.1 Å². The maximum Gasteiger partial charge on any atom is 0.282 e. The van der Waals surface area contributed by atoms with Crippen LogP contribution < -0.4 is 10.4 Å². The van der Waals surface area contributed by atoms with Crippen LogP contribution in [0.3, 0.4) is 0 Å². The second-order valence-electron chi connectivity index (χ2n) is 8.10. The minimum absolute atomic E-state index is 0. The van der Waals surface area contributed by atoms with Crippen LogP contribution in [0.4, 0.5) is 5.69 Å². The Balaban J connectivity index is 0.00000306. The number of rotatable bonds is 6. The Kier molecular flexibility index (Phi) is 8.89. The van der Waals surface area contributed by atoms with Crippen LogP contribution in [0.15, 0.2) is 47.6 Å². The third kappa shape index (κ3) is 5.59. The fourth-order valence-electron chi connectivity index (χ4n) is 4.38. The lowest BCUT2D eigenvalue weighted by Gasteiger charge is -2.28. The molecule has 10 heteroatoms. The number of hydrogen-bond donors (Lipinski definition) is 1. The number of hydrogen-bond acceptors (Lipinski definition) is 5. The van der Waals surface area contributed by atoms with Gasteiger partial charge in [0.2, 0.25) is 0 Å². The Morgan fingerprint density at radius 3 is 2.52 bits per heavy atom. The zero-order valence-electron chi connectivity index (χ0n) is 18.3. The predicted molar refractivity (Wildman–Crippen MR) is 137 cm³/mol. The molecule has 1 saturated heterocycles. The molecule has 0 bridgehead atoms. The highest BCUT2D eigenvalue weighted by atomic mass is 35.5. The number of hydrazone groups is 1. The van der Waals surface area contributed by atoms with Gasteiger partial charge in [0, 0.05) is 29.6 Å². The van der Waals surface area contributed by atoms with Crippen LogP contribution in [0.25, 0.3) is 0 Å². The topological polar surface area (TPSA) is 57.2 Å². The summed E-state index contributed by atoms with van der Waals surface area (Å²) in [6.07, 6.45) is 1.99. The molecule has 178 valence electrons. The Hall–Kier alpha value is -1.54. The quantitative estimate of drug-likeness (QED) is 0.514. The van der Waals surface area contributed by atoms with Gasteiger partial charge in [0.05, 0.1) is 29.4 Å². The lowest BCUT2D eigenvalue weighted by molar-refractivity contribution is -0.120. The van der Waals surface area contributed by atoms with Crippen molar-refractivity contribution in [2.75, 3.05) is 25.3 Å². The minimum atomic E-state index is -0.222. The number of nitrogens with zero attached hydrogens (tertiary/aromatic N) is 3. The van der Waals surface area contributed by atoms with Gasteiger partial charge in [-0.2, -0.15) is 5.10 Å². The monoisotopic (exact) mass is 530 g/mol. The molecule has 2 heterocycles. The zero-order chi connectivity index (χ0) is 22.8. The third-order valence-corrected chi connectivity index (χ3v) is 6.76. The molecule has 3 atom stereocenters. The van der Waals surface area contributed by atoms with Crippen LogP contribution in [-0.4, -0.2) is 42.9 Å². The largest absolute Gasteiger partial charge is 0.383 e. The van der Waals surface area contributed by atoms with Gasteiger partial charge in [0.15, 0.2) is 0 Å². The highest BCUT2D eigenvalue weighted by Gasteiger charge is 2.41. The Morgan fingerprint density at radius 1 is 1.15 bits per heavy atom. The van der Waals surface area contributed by atoms with Gasteiger partial charge < -0.3 is 4.74 Å². The van der Waals surface area contributed by atoms with Crippen molar-refractivity contribution >= 4 is 64.5 Å². The molecule has 4 rings (SSSR count). The van der Waals surface area contributed by atoms with E-state index in [9.17, 15) is 4.79 Å². The second kappa shape index (κ2) is 11.3. The molecule has 2 aliphatic heterocycles. The zero-order valence-corrected chi connectivity index (χ0v) is 21.4. The highest BCUT2D eigenvalue weighted by molar-refractivity contribution is 6.41. The lowest BCUT2D eigenvalue weighted by Crippen LogP contribution is -2.49. The van der Waals surface area contributed by atoms with Crippen LogP contribution in [0.1, 0.15) is 31.4 Å². The molecule has 0 unspecified atom stereocenters. The number of benzene rings is 2. The first-order chi connectivity index (χ1) is 15.4. The van der Waals surface area contributed by atoms with Crippen molar-refractivity contribution in [3.63, 3.8) is 0 Å². The summed E-state index contributed by atoms with van der Waals surface area (Å²) >= 11 is 18.7. The summed E-state index contributed by atoms with van der Waals surface area (Å²) in [6, 6.07) is 12.8. The summed E-state index contributed by atoms with van der Waals surface area (Å²) in [7, 11) is 1.67. The van der Waals surface area contributed by atoms with E-state index >= 15 is 0 Å². The average Bonchev–Trinajstić information content (AvgIpc) is 3.33. The number of carbonyl (C=O) groups excluding carboxylic acids is 1. The van der Waals surface area contributed by atoms with Crippen molar-refractivity contribution in [3.8, 4) is 0 Å². The normalized spacial score (nSPS) is 22.8. The Bertz CT molecular complexity index is 1020. The molecule has 6 nitrogen and oxygen atoms in total. The van der Waals surface area contributed by atoms with Gasteiger partial charge >= 0.3 is 0 Å². The van der Waals surface area contributed by atoms with Crippen LogP contribution in [-0.2, 0) is 9.53 Å². The van der Waals surface area contributed by atoms with E-state index in [0.29, 0.717) is 33.1 Å². The van der Waals surface area contributed by atoms with E-state index in [4.69, 9.17) is 44.6 Å². The van der Waals surface area contributed by atoms with Gasteiger partial charge in [0.1, 0.15) is 5.71 Å². The van der Waals surface area contributed by atoms with Gasteiger partial charge in [-0.25, -0.2) is 5.01 Å². The van der Waals surface area contributed by atoms with Gasteiger partial charge in [-0.05, 0) is 48.7 Å². The second-order valence-corrected chi connectivity index (χ2v) is 9.38. The molecular weight excluding hydrogens is 506 g/mol. The summed E-state index contributed by atoms with van der Waals surface area (Å²) in [5.41, 5.74) is 5.16. The number of hydrazine groups is 1. The number of halogens is 4. The van der Waals surface area contributed by atoms with E-state index in [2.05, 4.69) is 5.43 Å². The van der Waals surface area contributed by atoms with E-state index in [0.717, 1.165) is 24.9 Å². The molecule has 1 amide bonds. The molecular formula is C23H26Cl4N4O2. The highest BCUT2D eigenvalue weighted by Crippen LogP contribution is 2.42. The summed E-state index contributed by atoms with van der Waals surface area (Å²) in [5, 5.41) is 10.1. The number of amides is 1. The smallest absolute Gasteiger partial charge is 0.282 e. The number of methoxy groups -OCH3 is 1. The Labute approximate surface area is 215 Å². The molecule has 2 aliphatic rings. The van der Waals surface area contributed by atoms with Crippen LogP contribution in [0, 0.1) is 5.92 Å². The fraction of sp³-hybridized carbons (Fsp3) is 0.391. The molecule has 1 N–H and O–H groups in total. The van der Waals surface area contributed by atoms with Crippen molar-refractivity contribution in [2.24, 2.45) is 11.0 Å². The lowest BCUT2D eigenvalue weighted by atomic mass is 9.91. The average molecular weight is 532 g/mol. The number of anilines is 1. The number of nitrogens with one attached hydrogen (secondary N) is 1. The molecule has 0 saturated carbocycles. The summed E-state index contributed by atoms with van der Waals surface area (Å²) < 4.78 is 5.30. The molecule has 2 aromatic rings. The number of ether oxygens (including phenoxy) is 1. The SMILES string of the molecule is COC[C@@H]1CCCN1NC(=O)C1=NN(c2ccc(Cl)cc2Cl)[C@@H](c2ccc(Cl)cc2)[C@H]1C.Cl. The van der Waals surface area contributed by atoms with E-state index < -0.39 is 0 Å². The van der Waals surface area contributed by atoms with E-state index in [1.54, 1.807) is 24.3 Å². The molecule has 0 radical (unpaired) electrons. The number of carbonyl (C=O) groups is 1. The van der Waals surface area contributed by atoms with Gasteiger partial charge in [-0.15, -0.1) is 12.4 Å². The first-order valence-corrected chi connectivity index (χ1v) is 11.7. The molecule has 0 aliphatic carbocycles. The van der Waals surface area contributed by atoms with Crippen molar-refractivity contribution < 1.29 is 9.53 Å². The van der Waals surface area contributed by atoms with Crippen molar-refractivity contribution in [1.82, 2.24) is 10.4 Å².